The number of aromatic nitrogens is 2. The van der Waals surface area contributed by atoms with Crippen molar-refractivity contribution in [2.45, 2.75) is 38.8 Å². The molecule has 2 aromatic rings. The van der Waals surface area contributed by atoms with Gasteiger partial charge in [0.25, 0.3) is 5.56 Å². The first kappa shape index (κ1) is 13.3. The van der Waals surface area contributed by atoms with Gasteiger partial charge in [0.2, 0.25) is 0 Å². The first-order valence-electron chi connectivity index (χ1n) is 7.52. The summed E-state index contributed by atoms with van der Waals surface area (Å²) in [5.74, 6) is 0. The zero-order chi connectivity index (χ0) is 13.8. The van der Waals surface area contributed by atoms with Gasteiger partial charge in [0.1, 0.15) is 0 Å². The Kier molecular flexibility index (Phi) is 4.11. The van der Waals surface area contributed by atoms with Crippen LogP contribution in [0.25, 0.3) is 10.8 Å². The van der Waals surface area contributed by atoms with Gasteiger partial charge < -0.3 is 0 Å². The van der Waals surface area contributed by atoms with E-state index in [9.17, 15) is 4.79 Å². The molecule has 0 N–H and O–H groups in total. The second-order valence-electron chi connectivity index (χ2n) is 5.56. The largest absolute Gasteiger partial charge is 0.284 e. The van der Waals surface area contributed by atoms with Gasteiger partial charge in [-0.1, -0.05) is 37.5 Å². The van der Waals surface area contributed by atoms with Gasteiger partial charge in [0, 0.05) is 5.39 Å². The quantitative estimate of drug-likeness (QED) is 0.842. The van der Waals surface area contributed by atoms with Gasteiger partial charge in [-0.05, 0) is 32.0 Å². The Morgan fingerprint density at radius 1 is 1.00 bits per heavy atom. The van der Waals surface area contributed by atoms with Crippen LogP contribution in [0.3, 0.4) is 0 Å². The van der Waals surface area contributed by atoms with E-state index in [0.29, 0.717) is 6.67 Å². The summed E-state index contributed by atoms with van der Waals surface area (Å²) in [7, 11) is 0. The SMILES string of the molecule is O=c1c2ccccc2cnn1CN1CCCCCCC1. The molecule has 1 aromatic heterocycles. The Morgan fingerprint density at radius 2 is 1.70 bits per heavy atom. The van der Waals surface area contributed by atoms with E-state index in [1.165, 1.54) is 32.1 Å². The van der Waals surface area contributed by atoms with Crippen LogP contribution in [-0.2, 0) is 6.67 Å². The second kappa shape index (κ2) is 6.18. The predicted octanol–water partition coefficient (Wildman–Crippen LogP) is 2.62. The molecule has 106 valence electrons. The number of nitrogens with zero attached hydrogens (tertiary/aromatic N) is 3. The molecule has 4 nitrogen and oxygen atoms in total. The average molecular weight is 271 g/mol. The fourth-order valence-corrected chi connectivity index (χ4v) is 2.87. The summed E-state index contributed by atoms with van der Waals surface area (Å²) in [5, 5.41) is 5.99. The summed E-state index contributed by atoms with van der Waals surface area (Å²) in [6, 6.07) is 7.66. The minimum Gasteiger partial charge on any atom is -0.284 e. The number of fused-ring (bicyclic) bond motifs is 1. The van der Waals surface area contributed by atoms with Crippen molar-refractivity contribution in [1.82, 2.24) is 14.7 Å². The molecule has 0 radical (unpaired) electrons. The fourth-order valence-electron chi connectivity index (χ4n) is 2.87. The highest BCUT2D eigenvalue weighted by Gasteiger charge is 2.11. The third-order valence-corrected chi connectivity index (χ3v) is 4.04. The van der Waals surface area contributed by atoms with Gasteiger partial charge in [-0.3, -0.25) is 9.69 Å². The Labute approximate surface area is 119 Å². The molecule has 20 heavy (non-hydrogen) atoms. The minimum atomic E-state index is 0.0187. The monoisotopic (exact) mass is 271 g/mol. The summed E-state index contributed by atoms with van der Waals surface area (Å²) < 4.78 is 1.60. The summed E-state index contributed by atoms with van der Waals surface area (Å²) in [6.45, 7) is 2.76. The van der Waals surface area contributed by atoms with Crippen LogP contribution in [0.2, 0.25) is 0 Å². The molecule has 1 saturated heterocycles. The molecular formula is C16H21N3O. The summed E-state index contributed by atoms with van der Waals surface area (Å²) in [4.78, 5) is 14.8. The molecule has 0 aliphatic carbocycles. The maximum absolute atomic E-state index is 12.4. The van der Waals surface area contributed by atoms with Crippen molar-refractivity contribution in [1.29, 1.82) is 0 Å². The third-order valence-electron chi connectivity index (χ3n) is 4.04. The molecule has 1 aromatic carbocycles. The van der Waals surface area contributed by atoms with E-state index in [2.05, 4.69) is 10.00 Å². The highest BCUT2D eigenvalue weighted by atomic mass is 16.1. The molecule has 4 heteroatoms. The molecule has 3 rings (SSSR count). The van der Waals surface area contributed by atoms with Crippen LogP contribution in [0.5, 0.6) is 0 Å². The van der Waals surface area contributed by atoms with Gasteiger partial charge in [-0.15, -0.1) is 0 Å². The lowest BCUT2D eigenvalue weighted by atomic mass is 10.1. The number of likely N-dealkylation sites (tertiary alicyclic amines) is 1. The molecule has 1 aliphatic heterocycles. The topological polar surface area (TPSA) is 38.1 Å². The second-order valence-corrected chi connectivity index (χ2v) is 5.56. The first-order valence-corrected chi connectivity index (χ1v) is 7.52. The van der Waals surface area contributed by atoms with Crippen LogP contribution in [0.4, 0.5) is 0 Å². The first-order chi connectivity index (χ1) is 9.84. The fraction of sp³-hybridized carbons (Fsp3) is 0.500. The maximum Gasteiger partial charge on any atom is 0.275 e. The predicted molar refractivity (Wildman–Crippen MR) is 80.7 cm³/mol. The molecule has 1 fully saturated rings. The van der Waals surface area contributed by atoms with Crippen LogP contribution in [-0.4, -0.2) is 27.8 Å². The minimum absolute atomic E-state index is 0.0187. The maximum atomic E-state index is 12.4. The van der Waals surface area contributed by atoms with Gasteiger partial charge in [0.15, 0.2) is 0 Å². The van der Waals surface area contributed by atoms with Gasteiger partial charge >= 0.3 is 0 Å². The van der Waals surface area contributed by atoms with E-state index >= 15 is 0 Å². The molecule has 0 bridgehead atoms. The smallest absolute Gasteiger partial charge is 0.275 e. The molecule has 0 amide bonds. The lowest BCUT2D eigenvalue weighted by Crippen LogP contribution is -2.35. The Hall–Kier alpha value is -1.68. The summed E-state index contributed by atoms with van der Waals surface area (Å²) in [6.07, 6.45) is 8.19. The summed E-state index contributed by atoms with van der Waals surface area (Å²) >= 11 is 0. The number of hydrogen-bond donors (Lipinski definition) is 0. The van der Waals surface area contributed by atoms with E-state index in [1.54, 1.807) is 10.9 Å². The highest BCUT2D eigenvalue weighted by Crippen LogP contribution is 2.11. The Morgan fingerprint density at radius 3 is 2.50 bits per heavy atom. The highest BCUT2D eigenvalue weighted by molar-refractivity contribution is 5.80. The van der Waals surface area contributed by atoms with Crippen molar-refractivity contribution in [2.24, 2.45) is 0 Å². The van der Waals surface area contributed by atoms with Crippen molar-refractivity contribution in [3.05, 3.63) is 40.8 Å². The molecule has 0 saturated carbocycles. The Bertz CT molecular complexity index is 627. The van der Waals surface area contributed by atoms with E-state index in [0.717, 1.165) is 23.9 Å². The van der Waals surface area contributed by atoms with Crippen LogP contribution < -0.4 is 5.56 Å². The van der Waals surface area contributed by atoms with Crippen LogP contribution in [0, 0.1) is 0 Å². The van der Waals surface area contributed by atoms with Crippen molar-refractivity contribution in [3.8, 4) is 0 Å². The van der Waals surface area contributed by atoms with Gasteiger partial charge in [-0.2, -0.15) is 5.10 Å². The summed E-state index contributed by atoms with van der Waals surface area (Å²) in [5.41, 5.74) is 0.0187. The van der Waals surface area contributed by atoms with Gasteiger partial charge in [0.05, 0.1) is 18.3 Å². The molecule has 2 heterocycles. The Balaban J connectivity index is 1.83. The number of rotatable bonds is 2. The zero-order valence-electron chi connectivity index (χ0n) is 11.8. The van der Waals surface area contributed by atoms with Crippen LogP contribution in [0.1, 0.15) is 32.1 Å². The molecule has 0 atom stereocenters. The van der Waals surface area contributed by atoms with E-state index < -0.39 is 0 Å². The van der Waals surface area contributed by atoms with Crippen molar-refractivity contribution in [3.63, 3.8) is 0 Å². The van der Waals surface area contributed by atoms with Crippen molar-refractivity contribution >= 4 is 10.8 Å². The van der Waals surface area contributed by atoms with E-state index in [-0.39, 0.29) is 5.56 Å². The standard InChI is InChI=1S/C16H21N3O/c20-16-15-9-5-4-8-14(15)12-17-19(16)13-18-10-6-2-1-3-7-11-18/h4-5,8-9,12H,1-3,6-7,10-11,13H2. The van der Waals surface area contributed by atoms with E-state index in [4.69, 9.17) is 0 Å². The molecule has 1 aliphatic rings. The average Bonchev–Trinajstić information content (AvgIpc) is 2.44. The number of benzene rings is 1. The van der Waals surface area contributed by atoms with Crippen molar-refractivity contribution < 1.29 is 0 Å². The lowest BCUT2D eigenvalue weighted by molar-refractivity contribution is 0.186. The molecular weight excluding hydrogens is 250 g/mol. The van der Waals surface area contributed by atoms with Crippen LogP contribution in [0.15, 0.2) is 35.3 Å². The van der Waals surface area contributed by atoms with E-state index in [1.807, 2.05) is 24.3 Å². The van der Waals surface area contributed by atoms with Gasteiger partial charge in [-0.25, -0.2) is 4.68 Å². The number of hydrogen-bond acceptors (Lipinski definition) is 3. The van der Waals surface area contributed by atoms with Crippen LogP contribution >= 0.6 is 0 Å². The normalized spacial score (nSPS) is 17.8. The lowest BCUT2D eigenvalue weighted by Gasteiger charge is -2.24. The zero-order valence-corrected chi connectivity index (χ0v) is 11.8. The molecule has 0 spiro atoms. The third kappa shape index (κ3) is 2.90. The molecule has 0 unspecified atom stereocenters. The van der Waals surface area contributed by atoms with Crippen molar-refractivity contribution in [2.75, 3.05) is 13.1 Å².